The molecule has 1 saturated heterocycles. The van der Waals surface area contributed by atoms with Gasteiger partial charge in [-0.25, -0.2) is 0 Å². The standard InChI is InChI=1S/C13H20N2/c1-9-4-5-12(11(3)6-9)13-14-7-10(2)8-15-13/h4-6,10,13-15H,7-8H2,1-3H3. The maximum atomic E-state index is 3.53. The van der Waals surface area contributed by atoms with Crippen molar-refractivity contribution in [3.63, 3.8) is 0 Å². The average Bonchev–Trinajstić information content (AvgIpc) is 2.20. The van der Waals surface area contributed by atoms with Crippen LogP contribution in [-0.4, -0.2) is 13.1 Å². The SMILES string of the molecule is Cc1ccc(C2NCC(C)CN2)c(C)c1. The summed E-state index contributed by atoms with van der Waals surface area (Å²) in [7, 11) is 0. The van der Waals surface area contributed by atoms with Gasteiger partial charge >= 0.3 is 0 Å². The molecule has 0 atom stereocenters. The van der Waals surface area contributed by atoms with Gasteiger partial charge in [-0.2, -0.15) is 0 Å². The second-order valence-corrected chi connectivity index (χ2v) is 4.71. The second-order valence-electron chi connectivity index (χ2n) is 4.71. The van der Waals surface area contributed by atoms with Gasteiger partial charge in [0.25, 0.3) is 0 Å². The minimum absolute atomic E-state index is 0.335. The largest absolute Gasteiger partial charge is 0.298 e. The zero-order chi connectivity index (χ0) is 10.8. The van der Waals surface area contributed by atoms with Crippen LogP contribution in [0.2, 0.25) is 0 Å². The molecule has 0 amide bonds. The van der Waals surface area contributed by atoms with Crippen LogP contribution >= 0.6 is 0 Å². The summed E-state index contributed by atoms with van der Waals surface area (Å²) >= 11 is 0. The molecule has 1 aromatic rings. The quantitative estimate of drug-likeness (QED) is 0.732. The molecule has 0 aromatic heterocycles. The number of rotatable bonds is 1. The Kier molecular flexibility index (Phi) is 3.08. The van der Waals surface area contributed by atoms with Gasteiger partial charge in [-0.15, -0.1) is 0 Å². The molecule has 0 saturated carbocycles. The van der Waals surface area contributed by atoms with Crippen molar-refractivity contribution < 1.29 is 0 Å². The molecule has 1 fully saturated rings. The van der Waals surface area contributed by atoms with Crippen molar-refractivity contribution >= 4 is 0 Å². The molecular weight excluding hydrogens is 184 g/mol. The Morgan fingerprint density at radius 3 is 2.40 bits per heavy atom. The summed E-state index contributed by atoms with van der Waals surface area (Å²) in [5.74, 6) is 0.729. The van der Waals surface area contributed by atoms with E-state index in [2.05, 4.69) is 49.6 Å². The molecule has 0 spiro atoms. The molecule has 2 rings (SSSR count). The predicted molar refractivity (Wildman–Crippen MR) is 63.8 cm³/mol. The summed E-state index contributed by atoms with van der Waals surface area (Å²) in [6, 6.07) is 6.66. The fraction of sp³-hybridized carbons (Fsp3) is 0.538. The Bertz CT molecular complexity index is 338. The summed E-state index contributed by atoms with van der Waals surface area (Å²) in [5.41, 5.74) is 4.09. The van der Waals surface area contributed by atoms with Crippen LogP contribution in [0.1, 0.15) is 29.8 Å². The third kappa shape index (κ3) is 2.39. The first-order valence-corrected chi connectivity index (χ1v) is 5.71. The van der Waals surface area contributed by atoms with Gasteiger partial charge in [-0.1, -0.05) is 30.7 Å². The monoisotopic (exact) mass is 204 g/mol. The summed E-state index contributed by atoms with van der Waals surface area (Å²) in [4.78, 5) is 0. The molecule has 0 radical (unpaired) electrons. The van der Waals surface area contributed by atoms with Crippen molar-refractivity contribution in [3.05, 3.63) is 34.9 Å². The average molecular weight is 204 g/mol. The van der Waals surface area contributed by atoms with Crippen LogP contribution in [0.3, 0.4) is 0 Å². The van der Waals surface area contributed by atoms with Gasteiger partial charge < -0.3 is 0 Å². The molecule has 0 unspecified atom stereocenters. The summed E-state index contributed by atoms with van der Waals surface area (Å²) in [5, 5.41) is 7.07. The van der Waals surface area contributed by atoms with Crippen molar-refractivity contribution in [1.29, 1.82) is 0 Å². The van der Waals surface area contributed by atoms with Crippen LogP contribution in [0.4, 0.5) is 0 Å². The lowest BCUT2D eigenvalue weighted by Crippen LogP contribution is -2.46. The van der Waals surface area contributed by atoms with Crippen molar-refractivity contribution in [2.75, 3.05) is 13.1 Å². The van der Waals surface area contributed by atoms with E-state index in [4.69, 9.17) is 0 Å². The minimum atomic E-state index is 0.335. The summed E-state index contributed by atoms with van der Waals surface area (Å²) < 4.78 is 0. The Labute approximate surface area is 92.1 Å². The molecule has 0 bridgehead atoms. The third-order valence-electron chi connectivity index (χ3n) is 3.08. The van der Waals surface area contributed by atoms with Gasteiger partial charge in [0, 0.05) is 13.1 Å². The lowest BCUT2D eigenvalue weighted by atomic mass is 10.0. The Balaban J connectivity index is 2.15. The molecular formula is C13H20N2. The third-order valence-corrected chi connectivity index (χ3v) is 3.08. The number of hydrogen-bond donors (Lipinski definition) is 2. The van der Waals surface area contributed by atoms with Gasteiger partial charge in [0.1, 0.15) is 0 Å². The number of nitrogens with one attached hydrogen (secondary N) is 2. The van der Waals surface area contributed by atoms with Crippen molar-refractivity contribution in [2.45, 2.75) is 26.9 Å². The molecule has 15 heavy (non-hydrogen) atoms. The molecule has 82 valence electrons. The molecule has 2 N–H and O–H groups in total. The van der Waals surface area contributed by atoms with E-state index in [0.717, 1.165) is 19.0 Å². The Hall–Kier alpha value is -0.860. The Morgan fingerprint density at radius 1 is 1.13 bits per heavy atom. The smallest absolute Gasteiger partial charge is 0.0838 e. The lowest BCUT2D eigenvalue weighted by Gasteiger charge is -2.30. The van der Waals surface area contributed by atoms with Crippen LogP contribution in [0.15, 0.2) is 18.2 Å². The van der Waals surface area contributed by atoms with E-state index in [9.17, 15) is 0 Å². The van der Waals surface area contributed by atoms with Crippen LogP contribution in [0.25, 0.3) is 0 Å². The fourth-order valence-electron chi connectivity index (χ4n) is 2.15. The van der Waals surface area contributed by atoms with Gasteiger partial charge in [-0.3, -0.25) is 10.6 Å². The maximum absolute atomic E-state index is 3.53. The van der Waals surface area contributed by atoms with E-state index in [1.54, 1.807) is 0 Å². The van der Waals surface area contributed by atoms with Gasteiger partial charge in [0.15, 0.2) is 0 Å². The zero-order valence-corrected chi connectivity index (χ0v) is 9.80. The highest BCUT2D eigenvalue weighted by atomic mass is 15.1. The Morgan fingerprint density at radius 2 is 1.80 bits per heavy atom. The highest BCUT2D eigenvalue weighted by Crippen LogP contribution is 2.19. The molecule has 2 nitrogen and oxygen atoms in total. The lowest BCUT2D eigenvalue weighted by molar-refractivity contribution is 0.313. The second kappa shape index (κ2) is 4.33. The molecule has 1 aliphatic rings. The highest BCUT2D eigenvalue weighted by Gasteiger charge is 2.18. The van der Waals surface area contributed by atoms with E-state index in [-0.39, 0.29) is 0 Å². The minimum Gasteiger partial charge on any atom is -0.298 e. The normalized spacial score (nSPS) is 26.6. The molecule has 1 aliphatic heterocycles. The zero-order valence-electron chi connectivity index (χ0n) is 9.80. The van der Waals surface area contributed by atoms with Crippen LogP contribution in [0.5, 0.6) is 0 Å². The number of benzene rings is 1. The fourth-order valence-corrected chi connectivity index (χ4v) is 2.15. The van der Waals surface area contributed by atoms with Crippen molar-refractivity contribution in [2.24, 2.45) is 5.92 Å². The highest BCUT2D eigenvalue weighted by molar-refractivity contribution is 5.32. The van der Waals surface area contributed by atoms with E-state index in [0.29, 0.717) is 6.17 Å². The van der Waals surface area contributed by atoms with E-state index in [1.807, 2.05) is 0 Å². The summed E-state index contributed by atoms with van der Waals surface area (Å²) in [6.45, 7) is 8.79. The molecule has 1 aromatic carbocycles. The molecule has 2 heteroatoms. The van der Waals surface area contributed by atoms with E-state index < -0.39 is 0 Å². The number of hydrogen-bond acceptors (Lipinski definition) is 2. The van der Waals surface area contributed by atoms with Crippen LogP contribution in [0, 0.1) is 19.8 Å². The van der Waals surface area contributed by atoms with Gasteiger partial charge in [0.05, 0.1) is 6.17 Å². The molecule has 0 aliphatic carbocycles. The van der Waals surface area contributed by atoms with E-state index >= 15 is 0 Å². The first kappa shape index (κ1) is 10.7. The molecule has 1 heterocycles. The predicted octanol–water partition coefficient (Wildman–Crippen LogP) is 2.13. The van der Waals surface area contributed by atoms with Gasteiger partial charge in [0.2, 0.25) is 0 Å². The van der Waals surface area contributed by atoms with E-state index in [1.165, 1.54) is 16.7 Å². The first-order chi connectivity index (χ1) is 7.16. The van der Waals surface area contributed by atoms with Crippen LogP contribution in [-0.2, 0) is 0 Å². The van der Waals surface area contributed by atoms with Gasteiger partial charge in [-0.05, 0) is 30.9 Å². The topological polar surface area (TPSA) is 24.1 Å². The number of aryl methyl sites for hydroxylation is 2. The van der Waals surface area contributed by atoms with Crippen molar-refractivity contribution in [1.82, 2.24) is 10.6 Å². The maximum Gasteiger partial charge on any atom is 0.0838 e. The van der Waals surface area contributed by atoms with Crippen LogP contribution < -0.4 is 10.6 Å². The first-order valence-electron chi connectivity index (χ1n) is 5.71. The summed E-state index contributed by atoms with van der Waals surface area (Å²) in [6.07, 6.45) is 0.335. The van der Waals surface area contributed by atoms with Crippen molar-refractivity contribution in [3.8, 4) is 0 Å².